The van der Waals surface area contributed by atoms with Gasteiger partial charge in [0.05, 0.1) is 46.3 Å². The number of fused-ring (bicyclic) bond motifs is 1. The number of H-pyrrole nitrogens is 1. The molecule has 1 amide bonds. The van der Waals surface area contributed by atoms with Crippen molar-refractivity contribution in [1.82, 2.24) is 20.0 Å². The molecule has 3 aromatic rings. The van der Waals surface area contributed by atoms with E-state index >= 15 is 0 Å². The third kappa shape index (κ3) is 4.70. The van der Waals surface area contributed by atoms with Gasteiger partial charge in [-0.25, -0.2) is 0 Å². The van der Waals surface area contributed by atoms with E-state index in [9.17, 15) is 9.90 Å². The van der Waals surface area contributed by atoms with Gasteiger partial charge in [-0.05, 0) is 48.4 Å². The average Bonchev–Trinajstić information content (AvgIpc) is 3.48. The summed E-state index contributed by atoms with van der Waals surface area (Å²) in [6.07, 6.45) is 0.810. The zero-order chi connectivity index (χ0) is 25.9. The minimum atomic E-state index is -0.438. The van der Waals surface area contributed by atoms with Crippen LogP contribution in [0.5, 0.6) is 23.0 Å². The van der Waals surface area contributed by atoms with Crippen LogP contribution in [0, 0.1) is 0 Å². The van der Waals surface area contributed by atoms with Gasteiger partial charge in [-0.15, -0.1) is 0 Å². The van der Waals surface area contributed by atoms with Gasteiger partial charge in [0.15, 0.2) is 11.5 Å². The molecule has 2 N–H and O–H groups in total. The zero-order valence-corrected chi connectivity index (χ0v) is 21.3. The van der Waals surface area contributed by atoms with Crippen molar-refractivity contribution < 1.29 is 28.8 Å². The lowest BCUT2D eigenvalue weighted by Crippen LogP contribution is -2.38. The first-order valence-corrected chi connectivity index (χ1v) is 12.3. The van der Waals surface area contributed by atoms with Gasteiger partial charge in [0, 0.05) is 37.3 Å². The average molecular weight is 509 g/mol. The summed E-state index contributed by atoms with van der Waals surface area (Å²) < 4.78 is 21.6. The van der Waals surface area contributed by atoms with Gasteiger partial charge in [0.2, 0.25) is 5.75 Å². The van der Waals surface area contributed by atoms with Crippen molar-refractivity contribution in [3.05, 3.63) is 53.2 Å². The minimum absolute atomic E-state index is 0.0836. The third-order valence-corrected chi connectivity index (χ3v) is 7.02. The molecular formula is C27H32N4O6. The van der Waals surface area contributed by atoms with Crippen LogP contribution in [-0.2, 0) is 4.74 Å². The molecule has 10 heteroatoms. The lowest BCUT2D eigenvalue weighted by atomic mass is 9.95. The van der Waals surface area contributed by atoms with Gasteiger partial charge >= 0.3 is 0 Å². The van der Waals surface area contributed by atoms with E-state index in [1.807, 2.05) is 29.2 Å². The number of amides is 1. The van der Waals surface area contributed by atoms with Crippen molar-refractivity contribution in [3.8, 4) is 34.3 Å². The van der Waals surface area contributed by atoms with E-state index in [4.69, 9.17) is 18.9 Å². The molecule has 3 heterocycles. The zero-order valence-electron chi connectivity index (χ0n) is 21.3. The molecule has 2 aliphatic heterocycles. The highest BCUT2D eigenvalue weighted by atomic mass is 16.5. The summed E-state index contributed by atoms with van der Waals surface area (Å²) in [6.45, 7) is 4.69. The monoisotopic (exact) mass is 508 g/mol. The Balaban J connectivity index is 1.54. The molecule has 2 aromatic carbocycles. The summed E-state index contributed by atoms with van der Waals surface area (Å²) in [6, 6.07) is 10.7. The lowest BCUT2D eigenvalue weighted by molar-refractivity contribution is 0.0354. The number of carbonyl (C=O) groups excluding carboxylic acids is 1. The maximum atomic E-state index is 13.7. The molecule has 37 heavy (non-hydrogen) atoms. The molecule has 0 radical (unpaired) electrons. The Morgan fingerprint density at radius 3 is 2.32 bits per heavy atom. The number of aromatic nitrogens is 2. The number of carbonyl (C=O) groups is 1. The number of ether oxygens (including phenoxy) is 4. The molecule has 0 saturated carbocycles. The summed E-state index contributed by atoms with van der Waals surface area (Å²) in [5.41, 5.74) is 3.58. The Morgan fingerprint density at radius 2 is 1.70 bits per heavy atom. The number of nitrogens with one attached hydrogen (secondary N) is 1. The summed E-state index contributed by atoms with van der Waals surface area (Å²) in [5.74, 6) is 1.09. The Hall–Kier alpha value is -3.76. The Labute approximate surface area is 215 Å². The highest BCUT2D eigenvalue weighted by Crippen LogP contribution is 2.47. The van der Waals surface area contributed by atoms with E-state index in [2.05, 4.69) is 15.1 Å². The van der Waals surface area contributed by atoms with Gasteiger partial charge in [-0.1, -0.05) is 0 Å². The number of hydrogen-bond acceptors (Lipinski definition) is 8. The van der Waals surface area contributed by atoms with Crippen molar-refractivity contribution in [2.24, 2.45) is 0 Å². The topological polar surface area (TPSA) is 109 Å². The Morgan fingerprint density at radius 1 is 1.03 bits per heavy atom. The fourth-order valence-corrected chi connectivity index (χ4v) is 5.10. The summed E-state index contributed by atoms with van der Waals surface area (Å²) in [4.78, 5) is 17.9. The molecular weight excluding hydrogens is 476 g/mol. The van der Waals surface area contributed by atoms with E-state index in [1.54, 1.807) is 19.2 Å². The first kappa shape index (κ1) is 24.9. The maximum Gasteiger partial charge on any atom is 0.273 e. The van der Waals surface area contributed by atoms with Crippen LogP contribution in [0.1, 0.15) is 34.1 Å². The molecule has 2 aliphatic rings. The van der Waals surface area contributed by atoms with Crippen LogP contribution < -0.4 is 14.2 Å². The van der Waals surface area contributed by atoms with Gasteiger partial charge < -0.3 is 29.0 Å². The quantitative estimate of drug-likeness (QED) is 0.454. The molecule has 1 aromatic heterocycles. The van der Waals surface area contributed by atoms with Gasteiger partial charge in [0.1, 0.15) is 11.4 Å². The SMILES string of the molecule is COc1ccc(-c2n[nH]c3c2C(c2cc(OC)c(O)c(OC)c2)N(CCCN2CCOCC2)C3=O)cc1. The number of aromatic amines is 1. The number of nitrogens with zero attached hydrogens (tertiary/aromatic N) is 3. The normalized spacial score (nSPS) is 17.6. The lowest BCUT2D eigenvalue weighted by Gasteiger charge is -2.30. The van der Waals surface area contributed by atoms with Gasteiger partial charge in [0.25, 0.3) is 5.91 Å². The Kier molecular flexibility index (Phi) is 7.20. The molecule has 196 valence electrons. The van der Waals surface area contributed by atoms with Crippen LogP contribution in [0.2, 0.25) is 0 Å². The first-order valence-electron chi connectivity index (χ1n) is 12.3. The Bertz CT molecular complexity index is 1230. The number of benzene rings is 2. The standard InChI is InChI=1S/C27H32N4O6/c1-34-19-7-5-17(6-8-19)23-22-24(29-28-23)27(33)31(10-4-9-30-11-13-37-14-12-30)25(22)18-15-20(35-2)26(32)21(16-18)36-3/h5-8,15-16,25,32H,4,9-14H2,1-3H3,(H,28,29). The van der Waals surface area contributed by atoms with Crippen LogP contribution in [0.15, 0.2) is 36.4 Å². The molecule has 0 spiro atoms. The molecule has 1 atom stereocenters. The number of hydrogen-bond donors (Lipinski definition) is 2. The number of phenols is 1. The second kappa shape index (κ2) is 10.7. The van der Waals surface area contributed by atoms with Crippen LogP contribution in [0.4, 0.5) is 0 Å². The fraction of sp³-hybridized carbons (Fsp3) is 0.407. The van der Waals surface area contributed by atoms with E-state index in [-0.39, 0.29) is 23.2 Å². The second-order valence-electron chi connectivity index (χ2n) is 9.07. The number of aromatic hydroxyl groups is 1. The summed E-state index contributed by atoms with van der Waals surface area (Å²) in [5, 5.41) is 18.0. The van der Waals surface area contributed by atoms with Crippen molar-refractivity contribution in [2.75, 3.05) is 60.7 Å². The maximum absolute atomic E-state index is 13.7. The summed E-state index contributed by atoms with van der Waals surface area (Å²) in [7, 11) is 4.60. The predicted molar refractivity (Wildman–Crippen MR) is 137 cm³/mol. The van der Waals surface area contributed by atoms with Crippen molar-refractivity contribution in [1.29, 1.82) is 0 Å². The van der Waals surface area contributed by atoms with Crippen LogP contribution in [-0.4, -0.2) is 91.7 Å². The first-order chi connectivity index (χ1) is 18.0. The molecule has 0 bridgehead atoms. The van der Waals surface area contributed by atoms with Crippen LogP contribution in [0.3, 0.4) is 0 Å². The summed E-state index contributed by atoms with van der Waals surface area (Å²) >= 11 is 0. The second-order valence-corrected chi connectivity index (χ2v) is 9.07. The smallest absolute Gasteiger partial charge is 0.273 e. The molecule has 1 saturated heterocycles. The third-order valence-electron chi connectivity index (χ3n) is 7.02. The minimum Gasteiger partial charge on any atom is -0.502 e. The van der Waals surface area contributed by atoms with Gasteiger partial charge in [-0.3, -0.25) is 14.8 Å². The number of rotatable bonds is 9. The number of morpholine rings is 1. The van der Waals surface area contributed by atoms with E-state index in [0.717, 1.165) is 61.7 Å². The molecule has 5 rings (SSSR count). The van der Waals surface area contributed by atoms with Crippen LogP contribution in [0.25, 0.3) is 11.3 Å². The van der Waals surface area contributed by atoms with Crippen molar-refractivity contribution >= 4 is 5.91 Å². The van der Waals surface area contributed by atoms with Crippen LogP contribution >= 0.6 is 0 Å². The largest absolute Gasteiger partial charge is 0.502 e. The van der Waals surface area contributed by atoms with Crippen molar-refractivity contribution in [3.63, 3.8) is 0 Å². The van der Waals surface area contributed by atoms with E-state index in [1.165, 1.54) is 14.2 Å². The number of phenolic OH excluding ortho intramolecular Hbond substituents is 1. The fourth-order valence-electron chi connectivity index (χ4n) is 5.10. The van der Waals surface area contributed by atoms with Crippen molar-refractivity contribution in [2.45, 2.75) is 12.5 Å². The number of methoxy groups -OCH3 is 3. The highest BCUT2D eigenvalue weighted by Gasteiger charge is 2.42. The predicted octanol–water partition coefficient (Wildman–Crippen LogP) is 3.08. The van der Waals surface area contributed by atoms with E-state index in [0.29, 0.717) is 17.9 Å². The van der Waals surface area contributed by atoms with Gasteiger partial charge in [-0.2, -0.15) is 5.10 Å². The molecule has 1 fully saturated rings. The molecule has 0 aliphatic carbocycles. The van der Waals surface area contributed by atoms with E-state index < -0.39 is 6.04 Å². The highest BCUT2D eigenvalue weighted by molar-refractivity contribution is 6.00. The molecule has 1 unspecified atom stereocenters. The molecule has 10 nitrogen and oxygen atoms in total.